The number of carboxylic acid groups (broad SMARTS) is 1. The fourth-order valence-electron chi connectivity index (χ4n) is 5.54. The second-order valence-electron chi connectivity index (χ2n) is 10.4. The highest BCUT2D eigenvalue weighted by atomic mass is 35.5. The van der Waals surface area contributed by atoms with Gasteiger partial charge in [0.15, 0.2) is 28.8 Å². The van der Waals surface area contributed by atoms with Crippen LogP contribution in [0.25, 0.3) is 5.65 Å². The van der Waals surface area contributed by atoms with Crippen LogP contribution in [0.5, 0.6) is 0 Å². The van der Waals surface area contributed by atoms with Crippen LogP contribution >= 0.6 is 34.7 Å². The lowest BCUT2D eigenvalue weighted by Crippen LogP contribution is -2.62. The Kier molecular flexibility index (Phi) is 8.45. The second-order valence-corrected chi connectivity index (χ2v) is 13.2. The fraction of sp³-hybridized carbons (Fsp3) is 0.250. The van der Waals surface area contributed by atoms with Gasteiger partial charge in [0.1, 0.15) is 35.6 Å². The van der Waals surface area contributed by atoms with Gasteiger partial charge in [-0.3, -0.25) is 14.5 Å². The molecule has 15 nitrogen and oxygen atoms in total. The van der Waals surface area contributed by atoms with Crippen molar-refractivity contribution in [1.29, 1.82) is 0 Å². The summed E-state index contributed by atoms with van der Waals surface area (Å²) in [6, 6.07) is 9.48. The first-order valence-corrected chi connectivity index (χ1v) is 16.0. The molecule has 18 heteroatoms. The number of guanidine groups is 1. The number of carboxylic acids is 1. The minimum atomic E-state index is -1.21. The van der Waals surface area contributed by atoms with E-state index in [0.29, 0.717) is 23.6 Å². The van der Waals surface area contributed by atoms with Gasteiger partial charge in [-0.25, -0.2) is 24.0 Å². The Labute approximate surface area is 274 Å². The molecular formula is C28H28ClN10O5S2+. The summed E-state index contributed by atoms with van der Waals surface area (Å²) in [5.41, 5.74) is 19.7. The number of nitrogens with two attached hydrogens (primary N) is 3. The normalized spacial score (nSPS) is 18.0. The number of hydrogen-bond acceptors (Lipinski definition) is 10. The molecule has 2 atom stereocenters. The zero-order chi connectivity index (χ0) is 32.7. The van der Waals surface area contributed by atoms with E-state index in [1.54, 1.807) is 0 Å². The van der Waals surface area contributed by atoms with Crippen molar-refractivity contribution in [3.63, 3.8) is 0 Å². The van der Waals surface area contributed by atoms with Crippen molar-refractivity contribution in [2.75, 3.05) is 18.6 Å². The predicted molar refractivity (Wildman–Crippen MR) is 173 cm³/mol. The highest BCUT2D eigenvalue weighted by molar-refractivity contribution is 8.00. The molecule has 2 aliphatic rings. The van der Waals surface area contributed by atoms with Gasteiger partial charge in [-0.2, -0.15) is 0 Å². The lowest BCUT2D eigenvalue weighted by molar-refractivity contribution is -0.661. The molecule has 5 heterocycles. The summed E-state index contributed by atoms with van der Waals surface area (Å²) in [4.78, 5) is 53.3. The van der Waals surface area contributed by atoms with Crippen molar-refractivity contribution in [2.45, 2.75) is 24.9 Å². The summed E-state index contributed by atoms with van der Waals surface area (Å²) in [6.45, 7) is 0.832. The maximum atomic E-state index is 13.3. The lowest BCUT2D eigenvalue weighted by atomic mass is 9.89. The summed E-state index contributed by atoms with van der Waals surface area (Å²) in [5, 5.41) is 13.6. The number of β-lactam (4-membered cyclic amide) rings is 1. The van der Waals surface area contributed by atoms with E-state index in [1.165, 1.54) is 23.8 Å². The molecule has 0 radical (unpaired) electrons. The van der Waals surface area contributed by atoms with E-state index >= 15 is 0 Å². The molecule has 4 aromatic rings. The van der Waals surface area contributed by atoms with Gasteiger partial charge in [0.2, 0.25) is 5.91 Å². The number of halogens is 1. The molecule has 0 bridgehead atoms. The van der Waals surface area contributed by atoms with E-state index in [9.17, 15) is 19.5 Å². The lowest BCUT2D eigenvalue weighted by Gasteiger charge is -2.49. The molecule has 46 heavy (non-hydrogen) atoms. The van der Waals surface area contributed by atoms with Crippen LogP contribution in [0, 0.1) is 5.92 Å². The van der Waals surface area contributed by atoms with Gasteiger partial charge in [0.05, 0.1) is 35.8 Å². The molecule has 6 rings (SSSR count). The number of aromatic nitrogens is 4. The van der Waals surface area contributed by atoms with Gasteiger partial charge < -0.3 is 27.1 Å². The van der Waals surface area contributed by atoms with Crippen LogP contribution in [0.15, 0.2) is 70.3 Å². The number of fused-ring (bicyclic) bond motifs is 2. The molecule has 1 amide bonds. The van der Waals surface area contributed by atoms with E-state index in [-0.39, 0.29) is 45.5 Å². The van der Waals surface area contributed by atoms with Gasteiger partial charge in [0.25, 0.3) is 0 Å². The molecule has 0 spiro atoms. The van der Waals surface area contributed by atoms with E-state index < -0.39 is 29.0 Å². The van der Waals surface area contributed by atoms with Gasteiger partial charge in [-0.05, 0) is 23.3 Å². The number of imidazole rings is 1. The minimum Gasteiger partial charge on any atom is -0.477 e. The molecule has 1 saturated heterocycles. The Morgan fingerprint density at radius 2 is 1.98 bits per heavy atom. The Balaban J connectivity index is 1.18. The third-order valence-corrected chi connectivity index (χ3v) is 10.0. The molecular weight excluding hydrogens is 656 g/mol. The number of oxime groups is 1. The van der Waals surface area contributed by atoms with E-state index in [0.717, 1.165) is 22.5 Å². The zero-order valence-corrected chi connectivity index (χ0v) is 26.6. The van der Waals surface area contributed by atoms with E-state index in [4.69, 9.17) is 33.6 Å². The van der Waals surface area contributed by atoms with Gasteiger partial charge >= 0.3 is 11.6 Å². The Morgan fingerprint density at radius 3 is 2.63 bits per heavy atom. The van der Waals surface area contributed by atoms with Crippen LogP contribution in [0.3, 0.4) is 0 Å². The second kappa shape index (κ2) is 12.5. The molecule has 0 unspecified atom stereocenters. The number of thiazole rings is 1. The number of amides is 1. The SMILES string of the molecule is CO/N=C(\C(=O)C[C@@H]1C(=O)N2C(C(=O)O)=C(Cn3ccc4n3cc[n+]4Cc3ccc(N=C(N)N)cc3)CS[C@H]12)c1nc(N)sc1Cl. The maximum Gasteiger partial charge on any atom is 0.352 e. The first-order valence-electron chi connectivity index (χ1n) is 13.8. The maximum absolute atomic E-state index is 13.3. The minimum absolute atomic E-state index is 0.00907. The summed E-state index contributed by atoms with van der Waals surface area (Å²) in [7, 11) is 1.27. The molecule has 0 aliphatic carbocycles. The molecule has 3 aromatic heterocycles. The number of carbonyl (C=O) groups is 3. The molecule has 7 N–H and O–H groups in total. The van der Waals surface area contributed by atoms with Crippen LogP contribution in [0.2, 0.25) is 4.34 Å². The molecule has 0 saturated carbocycles. The number of rotatable bonds is 11. The number of thioether (sulfide) groups is 1. The number of anilines is 1. The highest BCUT2D eigenvalue weighted by Gasteiger charge is 2.54. The highest BCUT2D eigenvalue weighted by Crippen LogP contribution is 2.45. The number of nitrogen functional groups attached to an aromatic ring is 1. The van der Waals surface area contributed by atoms with Crippen molar-refractivity contribution < 1.29 is 28.9 Å². The molecule has 238 valence electrons. The average molecular weight is 684 g/mol. The van der Waals surface area contributed by atoms with E-state index in [1.807, 2.05) is 58.1 Å². The standard InChI is InChI=1S/C28H27ClN10O5S2/c1-44-35-20(21-23(29)46-28(32)34-21)18(40)10-17-24(41)39-22(26(42)43)15(13-45-25(17)39)12-37-7-6-19-36(8-9-38(19)37)11-14-2-4-16(5-3-14)33-27(30)31/h2-9,17,25H,10-13H2,1H3,(H6-,30,31,32,33,34,42,43)/p+1/b35-20+/t17-,25-/m1/s1. The van der Waals surface area contributed by atoms with E-state index in [2.05, 4.69) is 19.7 Å². The number of ketones is 1. The molecule has 1 aromatic carbocycles. The number of carbonyl (C=O) groups excluding carboxylic acids is 2. The average Bonchev–Trinajstić information content (AvgIpc) is 3.70. The molecule has 1 fully saturated rings. The fourth-order valence-corrected chi connectivity index (χ4v) is 7.87. The first-order chi connectivity index (χ1) is 22.0. The topological polar surface area (TPSA) is 213 Å². The van der Waals surface area contributed by atoms with Crippen molar-refractivity contribution in [1.82, 2.24) is 19.1 Å². The Morgan fingerprint density at radius 1 is 1.22 bits per heavy atom. The number of nitrogens with zero attached hydrogens (tertiary/aromatic N) is 7. The third-order valence-electron chi connectivity index (χ3n) is 7.53. The van der Waals surface area contributed by atoms with Crippen molar-refractivity contribution in [2.24, 2.45) is 27.5 Å². The van der Waals surface area contributed by atoms with Crippen LogP contribution in [0.1, 0.15) is 17.7 Å². The van der Waals surface area contributed by atoms with Crippen LogP contribution < -0.4 is 21.8 Å². The number of aliphatic imine (C=N–C) groups is 1. The smallest absolute Gasteiger partial charge is 0.352 e. The van der Waals surface area contributed by atoms with Crippen molar-refractivity contribution in [3.8, 4) is 0 Å². The van der Waals surface area contributed by atoms with Crippen molar-refractivity contribution >= 4 is 80.5 Å². The van der Waals surface area contributed by atoms with Crippen molar-refractivity contribution in [3.05, 3.63) is 75.8 Å². The summed E-state index contributed by atoms with van der Waals surface area (Å²) in [5.74, 6) is -2.58. The predicted octanol–water partition coefficient (Wildman–Crippen LogP) is 1.55. The van der Waals surface area contributed by atoms with Crippen LogP contribution in [-0.2, 0) is 32.3 Å². The largest absolute Gasteiger partial charge is 0.477 e. The number of benzene rings is 1. The zero-order valence-electron chi connectivity index (χ0n) is 24.2. The van der Waals surface area contributed by atoms with Gasteiger partial charge in [-0.15, -0.1) is 16.3 Å². The van der Waals surface area contributed by atoms with Crippen LogP contribution in [0.4, 0.5) is 10.8 Å². The number of hydrogen-bond donors (Lipinski definition) is 4. The number of Topliss-reactive ketones (excluding diaryl/α,β-unsaturated/α-hetero) is 1. The quantitative estimate of drug-likeness (QED) is 0.0589. The monoisotopic (exact) mass is 683 g/mol. The summed E-state index contributed by atoms with van der Waals surface area (Å²) < 4.78 is 6.03. The first kappa shape index (κ1) is 31.1. The van der Waals surface area contributed by atoms with Gasteiger partial charge in [-0.1, -0.05) is 40.2 Å². The number of aliphatic carboxylic acids is 1. The summed E-state index contributed by atoms with van der Waals surface area (Å²) in [6.07, 6.45) is 5.47. The molecule has 2 aliphatic heterocycles. The van der Waals surface area contributed by atoms with Gasteiger partial charge in [0, 0.05) is 12.2 Å². The third kappa shape index (κ3) is 5.79. The Bertz CT molecular complexity index is 1960. The summed E-state index contributed by atoms with van der Waals surface area (Å²) >= 11 is 8.58. The Hall–Kier alpha value is -4.87. The van der Waals surface area contributed by atoms with Crippen LogP contribution in [-0.4, -0.2) is 71.8 Å².